The van der Waals surface area contributed by atoms with Crippen molar-refractivity contribution in [1.29, 1.82) is 5.26 Å². The third-order valence-corrected chi connectivity index (χ3v) is 10.1. The molecule has 276 valence electrons. The molecule has 5 aromatic rings. The molecule has 1 N–H and O–H groups in total. The fourth-order valence-electron chi connectivity index (χ4n) is 6.87. The highest BCUT2D eigenvalue weighted by Gasteiger charge is 2.40. The van der Waals surface area contributed by atoms with Gasteiger partial charge >= 0.3 is 5.97 Å². The van der Waals surface area contributed by atoms with Crippen LogP contribution in [0.2, 0.25) is 0 Å². The summed E-state index contributed by atoms with van der Waals surface area (Å²) in [6.45, 7) is 4.04. The van der Waals surface area contributed by atoms with Crippen molar-refractivity contribution < 1.29 is 33.0 Å². The van der Waals surface area contributed by atoms with Crippen LogP contribution < -0.4 is 19.7 Å². The van der Waals surface area contributed by atoms with Crippen molar-refractivity contribution in [2.24, 2.45) is 5.41 Å². The number of benzene rings is 5. The topological polar surface area (TPSA) is 118 Å². The highest BCUT2D eigenvalue weighted by atomic mass is 19.1. The SMILES string of the molecule is COc1cc(C#N)c(O[C@H]2CC[C@@](C)(C(=O)OCc3cccc4ccccc34)CC2)cc1C(=O)N(C)c1cc(C)ccc1C(=O)NCc1cccc(F)c1. The summed E-state index contributed by atoms with van der Waals surface area (Å²) in [7, 11) is 2.97. The first kappa shape index (κ1) is 37.5. The van der Waals surface area contributed by atoms with Crippen molar-refractivity contribution >= 4 is 34.2 Å². The summed E-state index contributed by atoms with van der Waals surface area (Å²) < 4.78 is 31.5. The van der Waals surface area contributed by atoms with Crippen molar-refractivity contribution in [2.45, 2.75) is 58.8 Å². The molecule has 1 aliphatic rings. The number of hydrogen-bond acceptors (Lipinski definition) is 7. The average molecular weight is 728 g/mol. The van der Waals surface area contributed by atoms with Crippen LogP contribution in [0.15, 0.2) is 97.1 Å². The third-order valence-electron chi connectivity index (χ3n) is 10.1. The first-order valence-electron chi connectivity index (χ1n) is 17.8. The van der Waals surface area contributed by atoms with Crippen LogP contribution in [0.3, 0.4) is 0 Å². The molecular formula is C44H42FN3O6. The Morgan fingerprint density at radius 2 is 1.67 bits per heavy atom. The highest BCUT2D eigenvalue weighted by molar-refractivity contribution is 6.11. The number of aryl methyl sites for hydroxylation is 1. The van der Waals surface area contributed by atoms with E-state index in [2.05, 4.69) is 11.4 Å². The van der Waals surface area contributed by atoms with Gasteiger partial charge in [0.1, 0.15) is 30.0 Å². The Morgan fingerprint density at radius 3 is 2.41 bits per heavy atom. The lowest BCUT2D eigenvalue weighted by molar-refractivity contribution is -0.159. The minimum Gasteiger partial charge on any atom is -0.496 e. The molecular weight excluding hydrogens is 685 g/mol. The van der Waals surface area contributed by atoms with Gasteiger partial charge in [-0.1, -0.05) is 60.7 Å². The van der Waals surface area contributed by atoms with Crippen LogP contribution in [0.4, 0.5) is 10.1 Å². The average Bonchev–Trinajstić information content (AvgIpc) is 3.19. The second kappa shape index (κ2) is 16.2. The van der Waals surface area contributed by atoms with E-state index in [-0.39, 0.29) is 53.4 Å². The second-order valence-electron chi connectivity index (χ2n) is 14.0. The van der Waals surface area contributed by atoms with Crippen LogP contribution in [0.1, 0.15) is 75.6 Å². The number of halogens is 1. The molecule has 0 spiro atoms. The van der Waals surface area contributed by atoms with Gasteiger partial charge in [0, 0.05) is 19.7 Å². The van der Waals surface area contributed by atoms with Crippen molar-refractivity contribution in [1.82, 2.24) is 5.32 Å². The normalized spacial score (nSPS) is 16.6. The fraction of sp³-hybridized carbons (Fsp3) is 0.273. The van der Waals surface area contributed by atoms with Gasteiger partial charge in [-0.2, -0.15) is 5.26 Å². The van der Waals surface area contributed by atoms with Crippen molar-refractivity contribution in [3.05, 3.63) is 136 Å². The van der Waals surface area contributed by atoms with Gasteiger partial charge in [0.15, 0.2) is 0 Å². The maximum Gasteiger partial charge on any atom is 0.312 e. The van der Waals surface area contributed by atoms with E-state index in [9.17, 15) is 24.0 Å². The molecule has 0 unspecified atom stereocenters. The summed E-state index contributed by atoms with van der Waals surface area (Å²) in [6.07, 6.45) is 1.82. The summed E-state index contributed by atoms with van der Waals surface area (Å²) in [5.41, 5.74) is 2.61. The quantitative estimate of drug-likeness (QED) is 0.136. The number of carbonyl (C=O) groups is 3. The number of methoxy groups -OCH3 is 1. The predicted molar refractivity (Wildman–Crippen MR) is 204 cm³/mol. The lowest BCUT2D eigenvalue weighted by Gasteiger charge is -2.35. The molecule has 54 heavy (non-hydrogen) atoms. The maximum atomic E-state index is 14.2. The minimum absolute atomic E-state index is 0.0956. The van der Waals surface area contributed by atoms with Crippen LogP contribution in [0.25, 0.3) is 10.8 Å². The number of hydrogen-bond donors (Lipinski definition) is 1. The van der Waals surface area contributed by atoms with E-state index in [0.717, 1.165) is 21.9 Å². The number of nitrogens with one attached hydrogen (secondary N) is 1. The number of anilines is 1. The van der Waals surface area contributed by atoms with Crippen molar-refractivity contribution in [3.8, 4) is 17.6 Å². The molecule has 0 radical (unpaired) electrons. The fourth-order valence-corrected chi connectivity index (χ4v) is 6.87. The molecule has 5 aromatic carbocycles. The largest absolute Gasteiger partial charge is 0.496 e. The minimum atomic E-state index is -0.693. The second-order valence-corrected chi connectivity index (χ2v) is 14.0. The van der Waals surface area contributed by atoms with Crippen molar-refractivity contribution in [2.75, 3.05) is 19.1 Å². The first-order valence-corrected chi connectivity index (χ1v) is 17.8. The summed E-state index contributed by atoms with van der Waals surface area (Å²) in [5.74, 6) is -1.20. The van der Waals surface area contributed by atoms with Crippen molar-refractivity contribution in [3.63, 3.8) is 0 Å². The molecule has 0 saturated heterocycles. The van der Waals surface area contributed by atoms with E-state index in [0.29, 0.717) is 36.9 Å². The number of esters is 1. The Balaban J connectivity index is 1.15. The van der Waals surface area contributed by atoms with E-state index in [1.807, 2.05) is 56.3 Å². The molecule has 0 heterocycles. The van der Waals surface area contributed by atoms with Crippen LogP contribution >= 0.6 is 0 Å². The lowest BCUT2D eigenvalue weighted by Crippen LogP contribution is -2.37. The van der Waals surface area contributed by atoms with E-state index in [1.165, 1.54) is 36.3 Å². The van der Waals surface area contributed by atoms with Gasteiger partial charge in [0.25, 0.3) is 11.8 Å². The van der Waals surface area contributed by atoms with Gasteiger partial charge < -0.3 is 24.4 Å². The summed E-state index contributed by atoms with van der Waals surface area (Å²) in [4.78, 5) is 42.2. The predicted octanol–water partition coefficient (Wildman–Crippen LogP) is 8.45. The van der Waals surface area contributed by atoms with E-state index < -0.39 is 23.0 Å². The summed E-state index contributed by atoms with van der Waals surface area (Å²) in [6, 6.07) is 30.2. The van der Waals surface area contributed by atoms with E-state index >= 15 is 0 Å². The monoisotopic (exact) mass is 727 g/mol. The molecule has 0 atom stereocenters. The summed E-state index contributed by atoms with van der Waals surface area (Å²) >= 11 is 0. The molecule has 6 rings (SSSR count). The highest BCUT2D eigenvalue weighted by Crippen LogP contribution is 2.40. The Bertz CT molecular complexity index is 2250. The Kier molecular flexibility index (Phi) is 11.3. The molecule has 0 aliphatic heterocycles. The molecule has 9 nitrogen and oxygen atoms in total. The molecule has 2 amide bonds. The number of rotatable bonds is 11. The number of ether oxygens (including phenoxy) is 3. The molecule has 1 aliphatic carbocycles. The Labute approximate surface area is 314 Å². The molecule has 1 saturated carbocycles. The van der Waals surface area contributed by atoms with Gasteiger partial charge in [-0.25, -0.2) is 4.39 Å². The van der Waals surface area contributed by atoms with Gasteiger partial charge in [0.2, 0.25) is 0 Å². The Morgan fingerprint density at radius 1 is 0.926 bits per heavy atom. The van der Waals surface area contributed by atoms with E-state index in [1.54, 1.807) is 37.4 Å². The molecule has 1 fully saturated rings. The summed E-state index contributed by atoms with van der Waals surface area (Å²) in [5, 5.41) is 15.0. The zero-order valence-corrected chi connectivity index (χ0v) is 30.8. The van der Waals surface area contributed by atoms with Crippen LogP contribution in [0, 0.1) is 29.5 Å². The number of amides is 2. The van der Waals surface area contributed by atoms with Gasteiger partial charge in [0.05, 0.1) is 41.0 Å². The number of carbonyl (C=O) groups excluding carboxylic acids is 3. The zero-order chi connectivity index (χ0) is 38.4. The van der Waals surface area contributed by atoms with Gasteiger partial charge in [-0.15, -0.1) is 0 Å². The van der Waals surface area contributed by atoms with E-state index in [4.69, 9.17) is 14.2 Å². The van der Waals surface area contributed by atoms with Crippen LogP contribution in [-0.2, 0) is 22.7 Å². The maximum absolute atomic E-state index is 14.2. The van der Waals surface area contributed by atoms with Crippen LogP contribution in [0.5, 0.6) is 11.5 Å². The lowest BCUT2D eigenvalue weighted by atomic mass is 9.74. The zero-order valence-electron chi connectivity index (χ0n) is 30.8. The standard InChI is InChI=1S/C44H42FN3O6/c1-28-15-16-36(41(49)47-26-29-9-7-13-33(45)22-29)38(21-28)48(3)42(50)37-24-39(32(25-46)23-40(37)52-4)54-34-17-19-44(2,20-18-34)43(51)53-27-31-12-8-11-30-10-5-6-14-35(30)31/h5-16,21-24,34H,17-20,26-27H2,1-4H3,(H,47,49)/t34-,44+. The molecule has 0 bridgehead atoms. The van der Waals surface area contributed by atoms with Gasteiger partial charge in [-0.05, 0) is 97.3 Å². The van der Waals surface area contributed by atoms with Gasteiger partial charge in [-0.3, -0.25) is 14.4 Å². The third kappa shape index (κ3) is 8.21. The number of fused-ring (bicyclic) bond motifs is 1. The molecule has 0 aromatic heterocycles. The first-order chi connectivity index (χ1) is 26.0. The number of nitriles is 1. The van der Waals surface area contributed by atoms with Crippen LogP contribution in [-0.4, -0.2) is 38.0 Å². The number of nitrogens with zero attached hydrogens (tertiary/aromatic N) is 2. The molecule has 10 heteroatoms. The smallest absolute Gasteiger partial charge is 0.312 e. The Hall–Kier alpha value is -6.21.